The fraction of sp³-hybridized carbons (Fsp3) is 0.667. The summed E-state index contributed by atoms with van der Waals surface area (Å²) in [6.07, 6.45) is 2.13. The minimum Gasteiger partial charge on any atom is -0.383 e. The van der Waals surface area contributed by atoms with Gasteiger partial charge >= 0.3 is 0 Å². The molecule has 90 valence electrons. The van der Waals surface area contributed by atoms with Gasteiger partial charge in [0.15, 0.2) is 0 Å². The molecule has 1 aromatic rings. The Morgan fingerprint density at radius 2 is 1.75 bits per heavy atom. The largest absolute Gasteiger partial charge is 0.383 e. The zero-order valence-electron chi connectivity index (χ0n) is 10.4. The van der Waals surface area contributed by atoms with Gasteiger partial charge in [0.2, 0.25) is 0 Å². The van der Waals surface area contributed by atoms with Crippen molar-refractivity contribution in [2.45, 2.75) is 52.4 Å². The molecule has 1 aromatic heterocycles. The summed E-state index contributed by atoms with van der Waals surface area (Å²) in [4.78, 5) is 9.09. The van der Waals surface area contributed by atoms with Gasteiger partial charge in [-0.25, -0.2) is 9.97 Å². The molecule has 4 heteroatoms. The second-order valence-electron chi connectivity index (χ2n) is 4.33. The number of aromatic nitrogens is 2. The molecule has 0 unspecified atom stereocenters. The third kappa shape index (κ3) is 2.84. The molecule has 1 rings (SSSR count). The van der Waals surface area contributed by atoms with Crippen LogP contribution in [0.3, 0.4) is 0 Å². The van der Waals surface area contributed by atoms with Crippen molar-refractivity contribution in [1.29, 1.82) is 0 Å². The second-order valence-corrected chi connectivity index (χ2v) is 5.41. The van der Waals surface area contributed by atoms with Crippen molar-refractivity contribution in [3.8, 4) is 0 Å². The third-order valence-electron chi connectivity index (χ3n) is 2.82. The number of rotatable bonds is 4. The molecule has 3 nitrogen and oxygen atoms in total. The minimum absolute atomic E-state index is 0.394. The molecule has 0 aliphatic carbocycles. The maximum absolute atomic E-state index is 5.95. The molecule has 2 N–H and O–H groups in total. The lowest BCUT2D eigenvalue weighted by Crippen LogP contribution is -2.11. The third-order valence-corrected chi connectivity index (χ3v) is 3.92. The standard InChI is InChI=1S/C12H20IN3/c1-5-8(6-2)12-15-10(7(3)4)9(13)11(14)16-12/h7-8H,5-6H2,1-4H3,(H2,14,15,16). The number of anilines is 1. The maximum atomic E-state index is 5.95. The van der Waals surface area contributed by atoms with Gasteiger partial charge < -0.3 is 5.73 Å². The van der Waals surface area contributed by atoms with Crippen molar-refractivity contribution >= 4 is 28.4 Å². The number of nitrogens with two attached hydrogens (primary N) is 1. The zero-order chi connectivity index (χ0) is 12.3. The van der Waals surface area contributed by atoms with E-state index in [0.717, 1.165) is 27.9 Å². The quantitative estimate of drug-likeness (QED) is 0.855. The number of nitrogen functional groups attached to an aromatic ring is 1. The van der Waals surface area contributed by atoms with Crippen molar-refractivity contribution in [3.63, 3.8) is 0 Å². The van der Waals surface area contributed by atoms with Crippen LogP contribution in [0.2, 0.25) is 0 Å². The SMILES string of the molecule is CCC(CC)c1nc(N)c(I)c(C(C)C)n1. The summed E-state index contributed by atoms with van der Waals surface area (Å²) in [5.41, 5.74) is 7.03. The Labute approximate surface area is 111 Å². The van der Waals surface area contributed by atoms with Gasteiger partial charge in [0.25, 0.3) is 0 Å². The van der Waals surface area contributed by atoms with Crippen LogP contribution in [-0.2, 0) is 0 Å². The van der Waals surface area contributed by atoms with Crippen LogP contribution in [0, 0.1) is 3.57 Å². The van der Waals surface area contributed by atoms with Gasteiger partial charge in [0.1, 0.15) is 11.6 Å². The average Bonchev–Trinajstić information content (AvgIpc) is 2.24. The van der Waals surface area contributed by atoms with Gasteiger partial charge in [-0.2, -0.15) is 0 Å². The smallest absolute Gasteiger partial charge is 0.140 e. The molecule has 1 heterocycles. The first-order chi connectivity index (χ1) is 7.51. The van der Waals surface area contributed by atoms with E-state index in [2.05, 4.69) is 60.3 Å². The second kappa shape index (κ2) is 5.80. The number of halogens is 1. The summed E-state index contributed by atoms with van der Waals surface area (Å²) in [6.45, 7) is 8.61. The van der Waals surface area contributed by atoms with Gasteiger partial charge in [-0.1, -0.05) is 27.7 Å². The van der Waals surface area contributed by atoms with E-state index in [1.807, 2.05) is 0 Å². The molecule has 0 amide bonds. The summed E-state index contributed by atoms with van der Waals surface area (Å²) in [6, 6.07) is 0. The van der Waals surface area contributed by atoms with Gasteiger partial charge in [0.05, 0.1) is 9.26 Å². The van der Waals surface area contributed by atoms with E-state index in [9.17, 15) is 0 Å². The van der Waals surface area contributed by atoms with Crippen LogP contribution in [0.4, 0.5) is 5.82 Å². The zero-order valence-corrected chi connectivity index (χ0v) is 12.6. The van der Waals surface area contributed by atoms with E-state index in [4.69, 9.17) is 5.73 Å². The molecule has 16 heavy (non-hydrogen) atoms. The first-order valence-electron chi connectivity index (χ1n) is 5.83. The Kier molecular flexibility index (Phi) is 4.95. The summed E-state index contributed by atoms with van der Waals surface area (Å²) in [7, 11) is 0. The molecular formula is C12H20IN3. The Hall–Kier alpha value is -0.390. The average molecular weight is 333 g/mol. The maximum Gasteiger partial charge on any atom is 0.140 e. The molecule has 0 aliphatic heterocycles. The van der Waals surface area contributed by atoms with Crippen LogP contribution < -0.4 is 5.73 Å². The van der Waals surface area contributed by atoms with Crippen LogP contribution in [0.5, 0.6) is 0 Å². The lowest BCUT2D eigenvalue weighted by molar-refractivity contribution is 0.594. The minimum atomic E-state index is 0.394. The summed E-state index contributed by atoms with van der Waals surface area (Å²) >= 11 is 2.23. The molecular weight excluding hydrogens is 313 g/mol. The van der Waals surface area contributed by atoms with E-state index in [0.29, 0.717) is 17.7 Å². The fourth-order valence-electron chi connectivity index (χ4n) is 1.72. The Morgan fingerprint density at radius 3 is 2.19 bits per heavy atom. The lowest BCUT2D eigenvalue weighted by Gasteiger charge is -2.16. The molecule has 0 spiro atoms. The van der Waals surface area contributed by atoms with Crippen molar-refractivity contribution in [2.75, 3.05) is 5.73 Å². The molecule has 0 aromatic carbocycles. The van der Waals surface area contributed by atoms with Crippen molar-refractivity contribution in [3.05, 3.63) is 15.1 Å². The summed E-state index contributed by atoms with van der Waals surface area (Å²) in [5, 5.41) is 0. The molecule has 0 fully saturated rings. The number of nitrogens with zero attached hydrogens (tertiary/aromatic N) is 2. The van der Waals surface area contributed by atoms with Gasteiger partial charge in [0, 0.05) is 5.92 Å². The highest BCUT2D eigenvalue weighted by molar-refractivity contribution is 14.1. The predicted molar refractivity (Wildman–Crippen MR) is 76.6 cm³/mol. The summed E-state index contributed by atoms with van der Waals surface area (Å²) < 4.78 is 1.00. The monoisotopic (exact) mass is 333 g/mol. The first kappa shape index (κ1) is 13.7. The Balaban J connectivity index is 3.23. The highest BCUT2D eigenvalue weighted by Crippen LogP contribution is 2.27. The van der Waals surface area contributed by atoms with Crippen molar-refractivity contribution in [2.24, 2.45) is 0 Å². The van der Waals surface area contributed by atoms with E-state index >= 15 is 0 Å². The van der Waals surface area contributed by atoms with E-state index < -0.39 is 0 Å². The highest BCUT2D eigenvalue weighted by atomic mass is 127. The van der Waals surface area contributed by atoms with Crippen LogP contribution in [0.15, 0.2) is 0 Å². The molecule has 0 atom stereocenters. The normalized spacial score (nSPS) is 11.4. The van der Waals surface area contributed by atoms with Gasteiger partial charge in [-0.15, -0.1) is 0 Å². The highest BCUT2D eigenvalue weighted by Gasteiger charge is 2.17. The van der Waals surface area contributed by atoms with Crippen LogP contribution in [0.1, 0.15) is 63.9 Å². The van der Waals surface area contributed by atoms with Crippen LogP contribution in [-0.4, -0.2) is 9.97 Å². The van der Waals surface area contributed by atoms with E-state index in [1.54, 1.807) is 0 Å². The van der Waals surface area contributed by atoms with Crippen LogP contribution in [0.25, 0.3) is 0 Å². The van der Waals surface area contributed by atoms with Crippen molar-refractivity contribution in [1.82, 2.24) is 9.97 Å². The molecule has 0 saturated carbocycles. The number of hydrogen-bond acceptors (Lipinski definition) is 3. The van der Waals surface area contributed by atoms with Crippen molar-refractivity contribution < 1.29 is 0 Å². The van der Waals surface area contributed by atoms with Gasteiger partial charge in [-0.05, 0) is 41.4 Å². The van der Waals surface area contributed by atoms with E-state index in [1.165, 1.54) is 0 Å². The molecule has 0 radical (unpaired) electrons. The summed E-state index contributed by atoms with van der Waals surface area (Å²) in [5.74, 6) is 2.36. The Bertz CT molecular complexity index is 360. The Morgan fingerprint density at radius 1 is 1.19 bits per heavy atom. The number of hydrogen-bond donors (Lipinski definition) is 1. The van der Waals surface area contributed by atoms with Gasteiger partial charge in [-0.3, -0.25) is 0 Å². The molecule has 0 bridgehead atoms. The fourth-order valence-corrected chi connectivity index (χ4v) is 2.58. The lowest BCUT2D eigenvalue weighted by atomic mass is 10.0. The molecule has 0 saturated heterocycles. The topological polar surface area (TPSA) is 51.8 Å². The van der Waals surface area contributed by atoms with E-state index in [-0.39, 0.29) is 0 Å². The first-order valence-corrected chi connectivity index (χ1v) is 6.91. The van der Waals surface area contributed by atoms with Crippen LogP contribution >= 0.6 is 22.6 Å². The predicted octanol–water partition coefficient (Wildman–Crippen LogP) is 3.69. The molecule has 0 aliphatic rings.